The Bertz CT molecular complexity index is 557. The number of hydrogen-bond donors (Lipinski definition) is 1. The van der Waals surface area contributed by atoms with Crippen LogP contribution in [0, 0.1) is 19.8 Å². The van der Waals surface area contributed by atoms with Gasteiger partial charge in [-0.2, -0.15) is 0 Å². The molecular weight excluding hydrogens is 266 g/mol. The van der Waals surface area contributed by atoms with Gasteiger partial charge in [0.1, 0.15) is 5.00 Å². The van der Waals surface area contributed by atoms with E-state index in [1.807, 2.05) is 6.92 Å². The van der Waals surface area contributed by atoms with Crippen LogP contribution in [0.1, 0.15) is 40.6 Å². The van der Waals surface area contributed by atoms with Crippen LogP contribution < -0.4 is 4.90 Å². The summed E-state index contributed by atoms with van der Waals surface area (Å²) in [6.07, 6.45) is 0.557. The van der Waals surface area contributed by atoms with Crippen molar-refractivity contribution in [2.75, 3.05) is 4.90 Å². The molecule has 1 aromatic rings. The molecule has 2 amide bonds. The van der Waals surface area contributed by atoms with Crippen molar-refractivity contribution in [2.24, 2.45) is 5.92 Å². The lowest BCUT2D eigenvalue weighted by molar-refractivity contribution is -0.130. The van der Waals surface area contributed by atoms with Crippen LogP contribution in [0.3, 0.4) is 0 Å². The standard InChI is InChI=1S/C13H15NO4S/c1-6-4-9(15)14(10(16)5-6)12-11(13(17)18)7(2)8(3)19-12/h6H,4-5H2,1-3H3,(H,17,18). The molecule has 102 valence electrons. The van der Waals surface area contributed by atoms with Crippen molar-refractivity contribution in [3.05, 3.63) is 16.0 Å². The highest BCUT2D eigenvalue weighted by Gasteiger charge is 2.35. The molecule has 2 rings (SSSR count). The first-order valence-electron chi connectivity index (χ1n) is 6.02. The van der Waals surface area contributed by atoms with Crippen LogP contribution in [0.4, 0.5) is 5.00 Å². The smallest absolute Gasteiger partial charge is 0.339 e. The average molecular weight is 281 g/mol. The molecule has 1 fully saturated rings. The van der Waals surface area contributed by atoms with Gasteiger partial charge in [0, 0.05) is 17.7 Å². The first kappa shape index (κ1) is 13.7. The number of aryl methyl sites for hydroxylation is 1. The highest BCUT2D eigenvalue weighted by atomic mass is 32.1. The largest absolute Gasteiger partial charge is 0.478 e. The molecule has 0 spiro atoms. The molecule has 1 aliphatic rings. The summed E-state index contributed by atoms with van der Waals surface area (Å²) in [4.78, 5) is 37.3. The summed E-state index contributed by atoms with van der Waals surface area (Å²) in [7, 11) is 0. The minimum atomic E-state index is -1.10. The van der Waals surface area contributed by atoms with Crippen molar-refractivity contribution in [1.82, 2.24) is 0 Å². The predicted molar refractivity (Wildman–Crippen MR) is 71.6 cm³/mol. The molecule has 0 unspecified atom stereocenters. The SMILES string of the molecule is Cc1sc(N2C(=O)CC(C)CC2=O)c(C(=O)O)c1C. The molecule has 0 saturated carbocycles. The summed E-state index contributed by atoms with van der Waals surface area (Å²) in [6, 6.07) is 0. The number of imide groups is 1. The van der Waals surface area contributed by atoms with Gasteiger partial charge in [0.05, 0.1) is 5.56 Å². The first-order chi connectivity index (χ1) is 8.82. The molecule has 1 N–H and O–H groups in total. The second-order valence-corrected chi connectivity index (χ2v) is 6.11. The van der Waals surface area contributed by atoms with Gasteiger partial charge in [0.25, 0.3) is 0 Å². The fraction of sp³-hybridized carbons (Fsp3) is 0.462. The number of aromatic carboxylic acids is 1. The van der Waals surface area contributed by atoms with Gasteiger partial charge in [0.2, 0.25) is 11.8 Å². The van der Waals surface area contributed by atoms with Gasteiger partial charge in [-0.25, -0.2) is 9.69 Å². The molecular formula is C13H15NO4S. The van der Waals surface area contributed by atoms with Gasteiger partial charge in [-0.3, -0.25) is 9.59 Å². The molecule has 0 bridgehead atoms. The molecule has 5 nitrogen and oxygen atoms in total. The minimum absolute atomic E-state index is 0.0201. The minimum Gasteiger partial charge on any atom is -0.478 e. The topological polar surface area (TPSA) is 74.7 Å². The molecule has 1 aliphatic heterocycles. The highest BCUT2D eigenvalue weighted by Crippen LogP contribution is 2.38. The van der Waals surface area contributed by atoms with Gasteiger partial charge in [-0.05, 0) is 25.3 Å². The maximum atomic E-state index is 12.0. The number of anilines is 1. The average Bonchev–Trinajstić information content (AvgIpc) is 2.53. The van der Waals surface area contributed by atoms with Crippen LogP contribution in [0.25, 0.3) is 0 Å². The number of nitrogens with zero attached hydrogens (tertiary/aromatic N) is 1. The lowest BCUT2D eigenvalue weighted by atomic mass is 9.97. The van der Waals surface area contributed by atoms with Gasteiger partial charge in [-0.1, -0.05) is 6.92 Å². The normalized spacial score (nSPS) is 17.1. The van der Waals surface area contributed by atoms with E-state index < -0.39 is 5.97 Å². The molecule has 2 heterocycles. The summed E-state index contributed by atoms with van der Waals surface area (Å²) in [5.41, 5.74) is 0.686. The Labute approximate surface area is 114 Å². The molecule has 6 heteroatoms. The van der Waals surface area contributed by atoms with Gasteiger partial charge >= 0.3 is 5.97 Å². The van der Waals surface area contributed by atoms with Crippen molar-refractivity contribution in [2.45, 2.75) is 33.6 Å². The number of carbonyl (C=O) groups is 3. The number of carbonyl (C=O) groups excluding carboxylic acids is 2. The quantitative estimate of drug-likeness (QED) is 0.844. The highest BCUT2D eigenvalue weighted by molar-refractivity contribution is 7.17. The fourth-order valence-electron chi connectivity index (χ4n) is 2.23. The number of hydrogen-bond acceptors (Lipinski definition) is 4. The number of carboxylic acid groups (broad SMARTS) is 1. The monoisotopic (exact) mass is 281 g/mol. The van der Waals surface area contributed by atoms with E-state index in [1.165, 1.54) is 11.3 Å². The van der Waals surface area contributed by atoms with Crippen molar-refractivity contribution >= 4 is 34.1 Å². The third kappa shape index (κ3) is 2.28. The van der Waals surface area contributed by atoms with Crippen molar-refractivity contribution in [3.63, 3.8) is 0 Å². The van der Waals surface area contributed by atoms with Crippen LogP contribution in [0.2, 0.25) is 0 Å². The Balaban J connectivity index is 2.53. The molecule has 1 saturated heterocycles. The second kappa shape index (κ2) is 4.77. The van der Waals surface area contributed by atoms with Crippen LogP contribution in [0.5, 0.6) is 0 Å². The van der Waals surface area contributed by atoms with Crippen LogP contribution in [-0.4, -0.2) is 22.9 Å². The lowest BCUT2D eigenvalue weighted by Gasteiger charge is -2.27. The van der Waals surface area contributed by atoms with E-state index in [9.17, 15) is 19.5 Å². The molecule has 1 aromatic heterocycles. The summed E-state index contributed by atoms with van der Waals surface area (Å²) < 4.78 is 0. The summed E-state index contributed by atoms with van der Waals surface area (Å²) in [6.45, 7) is 5.33. The zero-order valence-corrected chi connectivity index (χ0v) is 11.8. The number of thiophene rings is 1. The molecule has 0 aromatic carbocycles. The lowest BCUT2D eigenvalue weighted by Crippen LogP contribution is -2.43. The van der Waals surface area contributed by atoms with E-state index in [-0.39, 0.29) is 41.1 Å². The maximum Gasteiger partial charge on any atom is 0.339 e. The number of amides is 2. The Morgan fingerprint density at radius 3 is 2.26 bits per heavy atom. The molecule has 0 aliphatic carbocycles. The van der Waals surface area contributed by atoms with Crippen LogP contribution in [0.15, 0.2) is 0 Å². The van der Waals surface area contributed by atoms with Crippen LogP contribution in [-0.2, 0) is 9.59 Å². The van der Waals surface area contributed by atoms with Crippen molar-refractivity contribution in [3.8, 4) is 0 Å². The Morgan fingerprint density at radius 1 is 1.26 bits per heavy atom. The van der Waals surface area contributed by atoms with Crippen LogP contribution >= 0.6 is 11.3 Å². The number of rotatable bonds is 2. The fourth-order valence-corrected chi connectivity index (χ4v) is 3.42. The zero-order valence-electron chi connectivity index (χ0n) is 11.0. The van der Waals surface area contributed by atoms with Gasteiger partial charge in [0.15, 0.2) is 0 Å². The zero-order chi connectivity index (χ0) is 14.3. The van der Waals surface area contributed by atoms with E-state index in [0.717, 1.165) is 9.78 Å². The number of piperidine rings is 1. The van der Waals surface area contributed by atoms with E-state index in [4.69, 9.17) is 0 Å². The third-order valence-electron chi connectivity index (χ3n) is 3.33. The van der Waals surface area contributed by atoms with Crippen molar-refractivity contribution in [1.29, 1.82) is 0 Å². The molecule has 0 radical (unpaired) electrons. The summed E-state index contributed by atoms with van der Waals surface area (Å²) in [5.74, 6) is -1.71. The second-order valence-electron chi connectivity index (χ2n) is 4.90. The van der Waals surface area contributed by atoms with E-state index >= 15 is 0 Å². The third-order valence-corrected chi connectivity index (χ3v) is 4.52. The predicted octanol–water partition coefficient (Wildman–Crippen LogP) is 2.35. The Kier molecular flexibility index (Phi) is 3.45. The molecule has 19 heavy (non-hydrogen) atoms. The van der Waals surface area contributed by atoms with Crippen molar-refractivity contribution < 1.29 is 19.5 Å². The van der Waals surface area contributed by atoms with E-state index in [2.05, 4.69) is 0 Å². The van der Waals surface area contributed by atoms with E-state index in [1.54, 1.807) is 13.8 Å². The Morgan fingerprint density at radius 2 is 1.79 bits per heavy atom. The van der Waals surface area contributed by atoms with E-state index in [0.29, 0.717) is 5.56 Å². The summed E-state index contributed by atoms with van der Waals surface area (Å²) in [5, 5.41) is 9.53. The number of carboxylic acids is 1. The summed E-state index contributed by atoms with van der Waals surface area (Å²) >= 11 is 1.19. The Hall–Kier alpha value is -1.69. The first-order valence-corrected chi connectivity index (χ1v) is 6.83. The maximum absolute atomic E-state index is 12.0. The van der Waals surface area contributed by atoms with Gasteiger partial charge in [-0.15, -0.1) is 11.3 Å². The van der Waals surface area contributed by atoms with Gasteiger partial charge < -0.3 is 5.11 Å². The molecule has 0 atom stereocenters.